The summed E-state index contributed by atoms with van der Waals surface area (Å²) in [5.41, 5.74) is 10.6. The summed E-state index contributed by atoms with van der Waals surface area (Å²) >= 11 is 3.92. The van der Waals surface area contributed by atoms with Crippen molar-refractivity contribution in [1.29, 1.82) is 0 Å². The normalized spacial score (nSPS) is 13.9. The minimum Gasteiger partial charge on any atom is -0.399 e. The van der Waals surface area contributed by atoms with Crippen LogP contribution in [-0.2, 0) is 6.18 Å². The third-order valence-electron chi connectivity index (χ3n) is 1.93. The van der Waals surface area contributed by atoms with Crippen LogP contribution >= 0.6 is 12.6 Å². The van der Waals surface area contributed by atoms with Crippen LogP contribution in [0.5, 0.6) is 0 Å². The van der Waals surface area contributed by atoms with Gasteiger partial charge in [-0.3, -0.25) is 0 Å². The van der Waals surface area contributed by atoms with Crippen molar-refractivity contribution in [3.63, 3.8) is 0 Å². The highest BCUT2D eigenvalue weighted by Crippen LogP contribution is 2.32. The van der Waals surface area contributed by atoms with Crippen molar-refractivity contribution in [1.82, 2.24) is 0 Å². The quantitative estimate of drug-likeness (QED) is 0.544. The molecule has 0 bridgehead atoms. The van der Waals surface area contributed by atoms with Crippen molar-refractivity contribution in [3.8, 4) is 0 Å². The molecule has 0 spiro atoms. The second-order valence-electron chi connectivity index (χ2n) is 3.18. The highest BCUT2D eigenvalue weighted by molar-refractivity contribution is 7.80. The van der Waals surface area contributed by atoms with Crippen LogP contribution in [0, 0.1) is 0 Å². The SMILES string of the molecule is Nc1cc(C(N)CS)cc(C(F)(F)F)c1. The van der Waals surface area contributed by atoms with E-state index in [1.165, 1.54) is 6.07 Å². The van der Waals surface area contributed by atoms with Crippen molar-refractivity contribution >= 4 is 18.3 Å². The van der Waals surface area contributed by atoms with Gasteiger partial charge in [0.05, 0.1) is 5.56 Å². The lowest BCUT2D eigenvalue weighted by Crippen LogP contribution is -2.14. The first-order valence-electron chi connectivity index (χ1n) is 4.18. The van der Waals surface area contributed by atoms with Crippen LogP contribution in [0.4, 0.5) is 18.9 Å². The Hall–Kier alpha value is -0.880. The van der Waals surface area contributed by atoms with Crippen LogP contribution in [0.2, 0.25) is 0 Å². The Labute approximate surface area is 90.9 Å². The Morgan fingerprint density at radius 3 is 2.33 bits per heavy atom. The van der Waals surface area contributed by atoms with Crippen molar-refractivity contribution < 1.29 is 13.2 Å². The van der Waals surface area contributed by atoms with Gasteiger partial charge >= 0.3 is 6.18 Å². The Balaban J connectivity index is 3.17. The summed E-state index contributed by atoms with van der Waals surface area (Å²) in [6.07, 6.45) is -4.40. The maximum absolute atomic E-state index is 12.4. The van der Waals surface area contributed by atoms with Gasteiger partial charge in [-0.2, -0.15) is 25.8 Å². The van der Waals surface area contributed by atoms with Gasteiger partial charge in [-0.25, -0.2) is 0 Å². The number of nitrogen functional groups attached to an aromatic ring is 1. The van der Waals surface area contributed by atoms with E-state index in [0.717, 1.165) is 12.1 Å². The molecule has 0 aliphatic rings. The number of benzene rings is 1. The maximum Gasteiger partial charge on any atom is 0.416 e. The fourth-order valence-corrected chi connectivity index (χ4v) is 1.37. The average molecular weight is 236 g/mol. The predicted octanol–water partition coefficient (Wildman–Crippen LogP) is 2.22. The molecule has 2 nitrogen and oxygen atoms in total. The molecular weight excluding hydrogens is 225 g/mol. The summed E-state index contributed by atoms with van der Waals surface area (Å²) in [5.74, 6) is 0.265. The summed E-state index contributed by atoms with van der Waals surface area (Å²) in [5, 5.41) is 0. The van der Waals surface area contributed by atoms with Gasteiger partial charge in [0.2, 0.25) is 0 Å². The van der Waals surface area contributed by atoms with Gasteiger partial charge < -0.3 is 11.5 Å². The molecule has 0 saturated carbocycles. The van der Waals surface area contributed by atoms with Gasteiger partial charge in [0.15, 0.2) is 0 Å². The Morgan fingerprint density at radius 2 is 1.87 bits per heavy atom. The molecule has 1 rings (SSSR count). The second kappa shape index (κ2) is 4.32. The van der Waals surface area contributed by atoms with Crippen molar-refractivity contribution in [2.45, 2.75) is 12.2 Å². The highest BCUT2D eigenvalue weighted by Gasteiger charge is 2.31. The van der Waals surface area contributed by atoms with Crippen LogP contribution in [0.25, 0.3) is 0 Å². The van der Waals surface area contributed by atoms with Crippen molar-refractivity contribution in [2.75, 3.05) is 11.5 Å². The molecule has 1 aromatic carbocycles. The molecule has 0 aromatic heterocycles. The Morgan fingerprint density at radius 1 is 1.27 bits per heavy atom. The molecule has 15 heavy (non-hydrogen) atoms. The lowest BCUT2D eigenvalue weighted by atomic mass is 10.0. The first-order valence-corrected chi connectivity index (χ1v) is 4.82. The first kappa shape index (κ1) is 12.2. The number of thiol groups is 1. The van der Waals surface area contributed by atoms with Crippen molar-refractivity contribution in [2.24, 2.45) is 5.73 Å². The Bertz CT molecular complexity index is 352. The third-order valence-corrected chi connectivity index (χ3v) is 2.32. The zero-order chi connectivity index (χ0) is 11.6. The molecule has 0 amide bonds. The van der Waals surface area contributed by atoms with Crippen LogP contribution < -0.4 is 11.5 Å². The number of hydrogen-bond acceptors (Lipinski definition) is 3. The van der Waals surface area contributed by atoms with E-state index in [1.54, 1.807) is 0 Å². The second-order valence-corrected chi connectivity index (χ2v) is 3.54. The molecule has 84 valence electrons. The third kappa shape index (κ3) is 3.04. The molecule has 1 atom stereocenters. The summed E-state index contributed by atoms with van der Waals surface area (Å²) in [4.78, 5) is 0. The summed E-state index contributed by atoms with van der Waals surface area (Å²) in [7, 11) is 0. The lowest BCUT2D eigenvalue weighted by molar-refractivity contribution is -0.137. The standard InChI is InChI=1S/C9H11F3N2S/c10-9(11,12)6-1-5(8(14)4-15)2-7(13)3-6/h1-3,8,15H,4,13-14H2. The summed E-state index contributed by atoms with van der Waals surface area (Å²) < 4.78 is 37.2. The largest absolute Gasteiger partial charge is 0.416 e. The highest BCUT2D eigenvalue weighted by atomic mass is 32.1. The molecule has 0 aliphatic carbocycles. The summed E-state index contributed by atoms with van der Waals surface area (Å²) in [6, 6.07) is 2.76. The minimum atomic E-state index is -4.40. The fraction of sp³-hybridized carbons (Fsp3) is 0.333. The monoisotopic (exact) mass is 236 g/mol. The molecule has 1 unspecified atom stereocenters. The van der Waals surface area contributed by atoms with E-state index in [0.29, 0.717) is 5.56 Å². The van der Waals surface area contributed by atoms with Crippen LogP contribution in [0.3, 0.4) is 0 Å². The zero-order valence-electron chi connectivity index (χ0n) is 7.75. The number of rotatable bonds is 2. The van der Waals surface area contributed by atoms with Crippen LogP contribution in [-0.4, -0.2) is 5.75 Å². The molecule has 0 radical (unpaired) electrons. The van der Waals surface area contributed by atoms with Crippen LogP contribution in [0.1, 0.15) is 17.2 Å². The molecule has 4 N–H and O–H groups in total. The van der Waals surface area contributed by atoms with Gasteiger partial charge in [-0.05, 0) is 23.8 Å². The fourth-order valence-electron chi connectivity index (χ4n) is 1.16. The van der Waals surface area contributed by atoms with Gasteiger partial charge in [0, 0.05) is 17.5 Å². The smallest absolute Gasteiger partial charge is 0.399 e. The Kier molecular flexibility index (Phi) is 3.51. The van der Waals surface area contributed by atoms with E-state index >= 15 is 0 Å². The average Bonchev–Trinajstić information content (AvgIpc) is 2.14. The zero-order valence-corrected chi connectivity index (χ0v) is 8.65. The van der Waals surface area contributed by atoms with Gasteiger partial charge in [0.25, 0.3) is 0 Å². The first-order chi connectivity index (χ1) is 6.84. The lowest BCUT2D eigenvalue weighted by Gasteiger charge is -2.13. The van der Waals surface area contributed by atoms with Gasteiger partial charge in [0.1, 0.15) is 0 Å². The van der Waals surface area contributed by atoms with E-state index < -0.39 is 17.8 Å². The predicted molar refractivity (Wildman–Crippen MR) is 56.6 cm³/mol. The molecule has 1 aromatic rings. The number of alkyl halides is 3. The van der Waals surface area contributed by atoms with E-state index in [1.807, 2.05) is 0 Å². The number of nitrogens with two attached hydrogens (primary N) is 2. The topological polar surface area (TPSA) is 52.0 Å². The molecule has 0 aliphatic heterocycles. The van der Waals surface area contributed by atoms with Crippen molar-refractivity contribution in [3.05, 3.63) is 29.3 Å². The molecule has 0 saturated heterocycles. The van der Waals surface area contributed by atoms with Gasteiger partial charge in [-0.1, -0.05) is 0 Å². The van der Waals surface area contributed by atoms with E-state index in [9.17, 15) is 13.2 Å². The van der Waals surface area contributed by atoms with Crippen LogP contribution in [0.15, 0.2) is 18.2 Å². The molecule has 6 heteroatoms. The van der Waals surface area contributed by atoms with E-state index in [2.05, 4.69) is 12.6 Å². The molecule has 0 heterocycles. The maximum atomic E-state index is 12.4. The van der Waals surface area contributed by atoms with E-state index in [4.69, 9.17) is 11.5 Å². The summed E-state index contributed by atoms with van der Waals surface area (Å²) in [6.45, 7) is 0. The molecule has 0 fully saturated rings. The number of anilines is 1. The number of hydrogen-bond donors (Lipinski definition) is 3. The van der Waals surface area contributed by atoms with Gasteiger partial charge in [-0.15, -0.1) is 0 Å². The molecular formula is C9H11F3N2S. The number of halogens is 3. The van der Waals surface area contributed by atoms with E-state index in [-0.39, 0.29) is 11.4 Å². The minimum absolute atomic E-state index is 0.0528.